The van der Waals surface area contributed by atoms with Gasteiger partial charge in [-0.3, -0.25) is 0 Å². The molecule has 0 aliphatic carbocycles. The first kappa shape index (κ1) is 14.6. The Balaban J connectivity index is 2.17. The summed E-state index contributed by atoms with van der Waals surface area (Å²) >= 11 is 6.01. The molecule has 0 N–H and O–H groups in total. The van der Waals surface area contributed by atoms with Crippen molar-refractivity contribution < 1.29 is 0 Å². The highest BCUT2D eigenvalue weighted by Crippen LogP contribution is 2.26. The number of piperidine rings is 1. The summed E-state index contributed by atoms with van der Waals surface area (Å²) in [4.78, 5) is 7.25. The third-order valence-electron chi connectivity index (χ3n) is 4.15. The summed E-state index contributed by atoms with van der Waals surface area (Å²) in [6.07, 6.45) is 3.89. The van der Waals surface area contributed by atoms with Gasteiger partial charge in [0, 0.05) is 24.7 Å². The second-order valence-corrected chi connectivity index (χ2v) is 6.15. The van der Waals surface area contributed by atoms with Crippen LogP contribution in [0.25, 0.3) is 0 Å². The van der Waals surface area contributed by atoms with E-state index in [-0.39, 0.29) is 0 Å². The lowest BCUT2D eigenvalue weighted by Crippen LogP contribution is -2.34. The van der Waals surface area contributed by atoms with Crippen LogP contribution in [0.4, 0.5) is 5.82 Å². The average molecular weight is 281 g/mol. The van der Waals surface area contributed by atoms with E-state index in [4.69, 9.17) is 16.6 Å². The Hall–Kier alpha value is -0.760. The van der Waals surface area contributed by atoms with Crippen molar-refractivity contribution in [2.45, 2.75) is 51.8 Å². The van der Waals surface area contributed by atoms with Crippen molar-refractivity contribution in [2.75, 3.05) is 18.0 Å². The van der Waals surface area contributed by atoms with Gasteiger partial charge in [0.2, 0.25) is 0 Å². The maximum atomic E-state index is 6.01. The Morgan fingerprint density at radius 2 is 2.00 bits per heavy atom. The molecule has 106 valence electrons. The lowest BCUT2D eigenvalue weighted by Gasteiger charge is -2.33. The molecule has 0 atom stereocenters. The number of hydrogen-bond acceptors (Lipinski definition) is 2. The SMILES string of the molecule is CCC1CCN(c2cc(CCl)cc(C(C)C)n2)CC1. The van der Waals surface area contributed by atoms with Crippen molar-refractivity contribution in [2.24, 2.45) is 5.92 Å². The van der Waals surface area contributed by atoms with E-state index in [0.717, 1.165) is 30.5 Å². The van der Waals surface area contributed by atoms with Crippen molar-refractivity contribution in [1.29, 1.82) is 0 Å². The van der Waals surface area contributed by atoms with Crippen LogP contribution in [0.2, 0.25) is 0 Å². The fraction of sp³-hybridized carbons (Fsp3) is 0.688. The Bertz CT molecular complexity index is 409. The first-order valence-electron chi connectivity index (χ1n) is 7.45. The van der Waals surface area contributed by atoms with Crippen LogP contribution in [0, 0.1) is 5.92 Å². The van der Waals surface area contributed by atoms with Crippen LogP contribution in [-0.2, 0) is 5.88 Å². The predicted molar refractivity (Wildman–Crippen MR) is 83.1 cm³/mol. The molecule has 1 aromatic rings. The lowest BCUT2D eigenvalue weighted by molar-refractivity contribution is 0.393. The zero-order valence-electron chi connectivity index (χ0n) is 12.3. The molecule has 0 unspecified atom stereocenters. The highest BCUT2D eigenvalue weighted by atomic mass is 35.5. The molecule has 0 bridgehead atoms. The van der Waals surface area contributed by atoms with Gasteiger partial charge in [0.25, 0.3) is 0 Å². The Morgan fingerprint density at radius 3 is 2.53 bits per heavy atom. The van der Waals surface area contributed by atoms with E-state index in [1.54, 1.807) is 0 Å². The second kappa shape index (κ2) is 6.60. The van der Waals surface area contributed by atoms with Gasteiger partial charge in [-0.1, -0.05) is 27.2 Å². The van der Waals surface area contributed by atoms with Crippen molar-refractivity contribution in [3.63, 3.8) is 0 Å². The zero-order valence-corrected chi connectivity index (χ0v) is 13.1. The van der Waals surface area contributed by atoms with E-state index in [1.165, 1.54) is 24.8 Å². The summed E-state index contributed by atoms with van der Waals surface area (Å²) in [5, 5.41) is 0. The molecule has 0 radical (unpaired) electrons. The molecule has 2 nitrogen and oxygen atoms in total. The molecule has 1 saturated heterocycles. The topological polar surface area (TPSA) is 16.1 Å². The molecule has 19 heavy (non-hydrogen) atoms. The zero-order chi connectivity index (χ0) is 13.8. The largest absolute Gasteiger partial charge is 0.357 e. The average Bonchev–Trinajstić information content (AvgIpc) is 2.46. The van der Waals surface area contributed by atoms with Gasteiger partial charge in [-0.25, -0.2) is 4.98 Å². The van der Waals surface area contributed by atoms with Crippen LogP contribution in [0.15, 0.2) is 12.1 Å². The van der Waals surface area contributed by atoms with Crippen LogP contribution in [0.3, 0.4) is 0 Å². The molecular weight excluding hydrogens is 256 g/mol. The van der Waals surface area contributed by atoms with Gasteiger partial charge >= 0.3 is 0 Å². The number of anilines is 1. The third kappa shape index (κ3) is 3.62. The van der Waals surface area contributed by atoms with E-state index in [2.05, 4.69) is 37.8 Å². The lowest BCUT2D eigenvalue weighted by atomic mass is 9.94. The van der Waals surface area contributed by atoms with Crippen molar-refractivity contribution >= 4 is 17.4 Å². The van der Waals surface area contributed by atoms with Gasteiger partial charge in [0.1, 0.15) is 5.82 Å². The van der Waals surface area contributed by atoms with Crippen molar-refractivity contribution in [3.8, 4) is 0 Å². The van der Waals surface area contributed by atoms with Crippen LogP contribution < -0.4 is 4.90 Å². The van der Waals surface area contributed by atoms with Gasteiger partial charge in [-0.15, -0.1) is 11.6 Å². The van der Waals surface area contributed by atoms with Gasteiger partial charge in [0.15, 0.2) is 0 Å². The van der Waals surface area contributed by atoms with Crippen molar-refractivity contribution in [3.05, 3.63) is 23.4 Å². The summed E-state index contributed by atoms with van der Waals surface area (Å²) in [6.45, 7) is 8.94. The monoisotopic (exact) mass is 280 g/mol. The number of alkyl halides is 1. The van der Waals surface area contributed by atoms with Gasteiger partial charge in [0.05, 0.1) is 0 Å². The number of aromatic nitrogens is 1. The summed E-state index contributed by atoms with van der Waals surface area (Å²) in [5.41, 5.74) is 2.35. The fourth-order valence-electron chi connectivity index (χ4n) is 2.70. The van der Waals surface area contributed by atoms with Crippen LogP contribution in [0.1, 0.15) is 57.2 Å². The minimum atomic E-state index is 0.454. The number of halogens is 1. The molecule has 0 spiro atoms. The first-order valence-corrected chi connectivity index (χ1v) is 7.99. The van der Waals surface area contributed by atoms with Crippen molar-refractivity contribution in [1.82, 2.24) is 4.98 Å². The molecule has 0 amide bonds. The molecule has 3 heteroatoms. The standard InChI is InChI=1S/C16H25ClN2/c1-4-13-5-7-19(8-6-13)16-10-14(11-17)9-15(18-16)12(2)3/h9-10,12-13H,4-8,11H2,1-3H3. The summed E-state index contributed by atoms with van der Waals surface area (Å²) in [5.74, 6) is 3.05. The predicted octanol–water partition coefficient (Wildman–Crippen LogP) is 4.57. The summed E-state index contributed by atoms with van der Waals surface area (Å²) in [7, 11) is 0. The van der Waals surface area contributed by atoms with E-state index in [9.17, 15) is 0 Å². The Morgan fingerprint density at radius 1 is 1.32 bits per heavy atom. The fourth-order valence-corrected chi connectivity index (χ4v) is 2.85. The molecule has 1 fully saturated rings. The Kier molecular flexibility index (Phi) is 5.09. The van der Waals surface area contributed by atoms with Gasteiger partial charge < -0.3 is 4.90 Å². The third-order valence-corrected chi connectivity index (χ3v) is 4.46. The molecule has 1 aliphatic rings. The van der Waals surface area contributed by atoms with Gasteiger partial charge in [-0.2, -0.15) is 0 Å². The normalized spacial score (nSPS) is 17.2. The van der Waals surface area contributed by atoms with E-state index >= 15 is 0 Å². The summed E-state index contributed by atoms with van der Waals surface area (Å²) in [6, 6.07) is 4.30. The number of nitrogens with zero attached hydrogens (tertiary/aromatic N) is 2. The van der Waals surface area contributed by atoms with E-state index in [0.29, 0.717) is 11.8 Å². The minimum Gasteiger partial charge on any atom is -0.357 e. The molecular formula is C16H25ClN2. The highest BCUT2D eigenvalue weighted by Gasteiger charge is 2.19. The summed E-state index contributed by atoms with van der Waals surface area (Å²) < 4.78 is 0. The smallest absolute Gasteiger partial charge is 0.129 e. The second-order valence-electron chi connectivity index (χ2n) is 5.89. The molecule has 1 aromatic heterocycles. The molecule has 2 rings (SSSR count). The number of hydrogen-bond donors (Lipinski definition) is 0. The van der Waals surface area contributed by atoms with Crippen LogP contribution in [0.5, 0.6) is 0 Å². The van der Waals surface area contributed by atoms with E-state index in [1.807, 2.05) is 0 Å². The molecule has 0 aromatic carbocycles. The Labute approximate surface area is 122 Å². The number of rotatable bonds is 4. The van der Waals surface area contributed by atoms with Crippen LogP contribution in [-0.4, -0.2) is 18.1 Å². The van der Waals surface area contributed by atoms with Crippen LogP contribution >= 0.6 is 11.6 Å². The van der Waals surface area contributed by atoms with E-state index < -0.39 is 0 Å². The quantitative estimate of drug-likeness (QED) is 0.751. The maximum Gasteiger partial charge on any atom is 0.129 e. The van der Waals surface area contributed by atoms with Gasteiger partial charge in [-0.05, 0) is 42.4 Å². The minimum absolute atomic E-state index is 0.454. The highest BCUT2D eigenvalue weighted by molar-refractivity contribution is 6.17. The maximum absolute atomic E-state index is 6.01. The molecule has 0 saturated carbocycles. The molecule has 1 aliphatic heterocycles. The molecule has 2 heterocycles. The number of pyridine rings is 1. The first-order chi connectivity index (χ1) is 9.13.